The summed E-state index contributed by atoms with van der Waals surface area (Å²) >= 11 is 7.88. The van der Waals surface area contributed by atoms with Gasteiger partial charge < -0.3 is 5.32 Å². The van der Waals surface area contributed by atoms with Crippen molar-refractivity contribution < 1.29 is 0 Å². The molecule has 0 fully saturated rings. The number of aliphatic imine (C=N–C) groups is 1. The summed E-state index contributed by atoms with van der Waals surface area (Å²) in [6.45, 7) is 2.96. The van der Waals surface area contributed by atoms with Crippen LogP contribution in [0.25, 0.3) is 0 Å². The van der Waals surface area contributed by atoms with Gasteiger partial charge in [0.25, 0.3) is 0 Å². The van der Waals surface area contributed by atoms with E-state index in [-0.39, 0.29) is 0 Å². The second-order valence-electron chi connectivity index (χ2n) is 3.45. The summed E-state index contributed by atoms with van der Waals surface area (Å²) in [5.41, 5.74) is 2.13. The Labute approximate surface area is 99.1 Å². The van der Waals surface area contributed by atoms with Crippen LogP contribution in [0, 0.1) is 6.92 Å². The highest BCUT2D eigenvalue weighted by molar-refractivity contribution is 8.14. The van der Waals surface area contributed by atoms with Gasteiger partial charge in [0.2, 0.25) is 0 Å². The van der Waals surface area contributed by atoms with Gasteiger partial charge in [0.1, 0.15) is 0 Å². The van der Waals surface area contributed by atoms with E-state index in [1.54, 1.807) is 11.8 Å². The highest BCUT2D eigenvalue weighted by Gasteiger charge is 2.09. The van der Waals surface area contributed by atoms with Gasteiger partial charge in [0, 0.05) is 12.3 Å². The van der Waals surface area contributed by atoms with E-state index in [0.717, 1.165) is 40.2 Å². The second-order valence-corrected chi connectivity index (χ2v) is 4.94. The molecule has 0 amide bonds. The molecular weight excluding hydrogens is 228 g/mol. The zero-order valence-electron chi connectivity index (χ0n) is 8.59. The quantitative estimate of drug-likeness (QED) is 0.812. The SMILES string of the molecule is Cc1cccc(Cl)c1NC1=NCCCS1. The molecule has 0 saturated heterocycles. The number of thioether (sulfide) groups is 1. The first-order valence-corrected chi connectivity index (χ1v) is 6.33. The summed E-state index contributed by atoms with van der Waals surface area (Å²) in [4.78, 5) is 4.42. The van der Waals surface area contributed by atoms with Crippen molar-refractivity contribution >= 4 is 34.2 Å². The number of benzene rings is 1. The molecule has 0 unspecified atom stereocenters. The van der Waals surface area contributed by atoms with Gasteiger partial charge in [0.05, 0.1) is 10.7 Å². The fraction of sp³-hybridized carbons (Fsp3) is 0.364. The average Bonchev–Trinajstić information content (AvgIpc) is 2.25. The first kappa shape index (κ1) is 10.8. The van der Waals surface area contributed by atoms with Gasteiger partial charge in [-0.1, -0.05) is 35.5 Å². The lowest BCUT2D eigenvalue weighted by atomic mass is 10.2. The molecule has 1 aromatic carbocycles. The highest BCUT2D eigenvalue weighted by Crippen LogP contribution is 2.27. The molecule has 1 aliphatic heterocycles. The first-order valence-electron chi connectivity index (χ1n) is 4.97. The highest BCUT2D eigenvalue weighted by atomic mass is 35.5. The van der Waals surface area contributed by atoms with E-state index >= 15 is 0 Å². The van der Waals surface area contributed by atoms with E-state index in [1.807, 2.05) is 25.1 Å². The van der Waals surface area contributed by atoms with Gasteiger partial charge in [0.15, 0.2) is 5.17 Å². The number of hydrogen-bond acceptors (Lipinski definition) is 3. The maximum Gasteiger partial charge on any atom is 0.161 e. The number of rotatable bonds is 1. The molecule has 4 heteroatoms. The Morgan fingerprint density at radius 2 is 2.33 bits per heavy atom. The van der Waals surface area contributed by atoms with Crippen molar-refractivity contribution in [1.82, 2.24) is 0 Å². The van der Waals surface area contributed by atoms with Crippen molar-refractivity contribution in [2.45, 2.75) is 13.3 Å². The largest absolute Gasteiger partial charge is 0.334 e. The molecule has 0 radical (unpaired) electrons. The Morgan fingerprint density at radius 3 is 3.00 bits per heavy atom. The predicted octanol–water partition coefficient (Wildman–Crippen LogP) is 3.55. The van der Waals surface area contributed by atoms with Gasteiger partial charge in [-0.15, -0.1) is 0 Å². The fourth-order valence-corrected chi connectivity index (χ4v) is 2.53. The summed E-state index contributed by atoms with van der Waals surface area (Å²) < 4.78 is 0. The van der Waals surface area contributed by atoms with Crippen molar-refractivity contribution in [3.63, 3.8) is 0 Å². The lowest BCUT2D eigenvalue weighted by molar-refractivity contribution is 0.938. The number of aryl methyl sites for hydroxylation is 1. The minimum absolute atomic E-state index is 0.754. The Morgan fingerprint density at radius 1 is 1.47 bits per heavy atom. The van der Waals surface area contributed by atoms with Crippen LogP contribution in [0.4, 0.5) is 5.69 Å². The standard InChI is InChI=1S/C11H13ClN2S/c1-8-4-2-5-9(12)10(8)14-11-13-6-3-7-15-11/h2,4-5H,3,6-7H2,1H3,(H,13,14). The fourth-order valence-electron chi connectivity index (χ4n) is 1.43. The van der Waals surface area contributed by atoms with Crippen molar-refractivity contribution in [3.8, 4) is 0 Å². The third-order valence-electron chi connectivity index (χ3n) is 2.25. The number of hydrogen-bond donors (Lipinski definition) is 1. The molecule has 2 nitrogen and oxygen atoms in total. The van der Waals surface area contributed by atoms with E-state index in [4.69, 9.17) is 11.6 Å². The van der Waals surface area contributed by atoms with Crippen LogP contribution in [0.15, 0.2) is 23.2 Å². The van der Waals surface area contributed by atoms with Crippen molar-refractivity contribution in [2.24, 2.45) is 4.99 Å². The number of amidine groups is 1. The summed E-state index contributed by atoms with van der Waals surface area (Å²) in [5.74, 6) is 1.13. The van der Waals surface area contributed by atoms with E-state index in [9.17, 15) is 0 Å². The van der Waals surface area contributed by atoms with E-state index in [1.165, 1.54) is 0 Å². The molecule has 1 aromatic rings. The zero-order chi connectivity index (χ0) is 10.7. The lowest BCUT2D eigenvalue weighted by Crippen LogP contribution is -2.14. The van der Waals surface area contributed by atoms with Crippen LogP contribution < -0.4 is 5.32 Å². The molecule has 0 saturated carbocycles. The van der Waals surface area contributed by atoms with Gasteiger partial charge in [-0.3, -0.25) is 4.99 Å². The Kier molecular flexibility index (Phi) is 3.54. The van der Waals surface area contributed by atoms with Crippen LogP contribution in [0.3, 0.4) is 0 Å². The average molecular weight is 241 g/mol. The molecule has 0 aliphatic carbocycles. The molecule has 15 heavy (non-hydrogen) atoms. The summed E-state index contributed by atoms with van der Waals surface area (Å²) in [5, 5.41) is 5.04. The smallest absolute Gasteiger partial charge is 0.161 e. The van der Waals surface area contributed by atoms with Crippen LogP contribution in [-0.2, 0) is 0 Å². The van der Waals surface area contributed by atoms with Crippen LogP contribution in [0.2, 0.25) is 5.02 Å². The maximum atomic E-state index is 6.12. The third kappa shape index (κ3) is 2.67. The third-order valence-corrected chi connectivity index (χ3v) is 3.56. The molecule has 0 bridgehead atoms. The minimum atomic E-state index is 0.754. The van der Waals surface area contributed by atoms with Gasteiger partial charge >= 0.3 is 0 Å². The Bertz CT molecular complexity index is 370. The molecule has 0 aromatic heterocycles. The van der Waals surface area contributed by atoms with E-state index in [0.29, 0.717) is 0 Å². The molecule has 1 heterocycles. The number of nitrogens with zero attached hydrogens (tertiary/aromatic N) is 1. The van der Waals surface area contributed by atoms with Crippen molar-refractivity contribution in [2.75, 3.05) is 17.6 Å². The minimum Gasteiger partial charge on any atom is -0.334 e. The normalized spacial score (nSPS) is 16.0. The molecule has 80 valence electrons. The predicted molar refractivity (Wildman–Crippen MR) is 69.2 cm³/mol. The van der Waals surface area contributed by atoms with E-state index in [2.05, 4.69) is 10.3 Å². The van der Waals surface area contributed by atoms with Crippen molar-refractivity contribution in [1.29, 1.82) is 0 Å². The zero-order valence-corrected chi connectivity index (χ0v) is 10.2. The molecule has 1 aliphatic rings. The summed E-state index contributed by atoms with van der Waals surface area (Å²) in [6.07, 6.45) is 1.16. The van der Waals surface area contributed by atoms with Gasteiger partial charge in [-0.2, -0.15) is 0 Å². The van der Waals surface area contributed by atoms with Crippen LogP contribution in [0.1, 0.15) is 12.0 Å². The Balaban J connectivity index is 2.19. The van der Waals surface area contributed by atoms with Crippen LogP contribution in [-0.4, -0.2) is 17.5 Å². The maximum absolute atomic E-state index is 6.12. The number of anilines is 1. The van der Waals surface area contributed by atoms with Crippen molar-refractivity contribution in [3.05, 3.63) is 28.8 Å². The monoisotopic (exact) mass is 240 g/mol. The Hall–Kier alpha value is -0.670. The molecular formula is C11H13ClN2S. The molecule has 2 rings (SSSR count). The number of nitrogens with one attached hydrogen (secondary N) is 1. The van der Waals surface area contributed by atoms with Gasteiger partial charge in [-0.25, -0.2) is 0 Å². The molecule has 1 N–H and O–H groups in total. The number of halogens is 1. The summed E-state index contributed by atoms with van der Waals surface area (Å²) in [6, 6.07) is 5.89. The van der Waals surface area contributed by atoms with Crippen LogP contribution in [0.5, 0.6) is 0 Å². The molecule has 0 spiro atoms. The molecule has 0 atom stereocenters. The topological polar surface area (TPSA) is 24.4 Å². The van der Waals surface area contributed by atoms with E-state index < -0.39 is 0 Å². The second kappa shape index (κ2) is 4.90. The van der Waals surface area contributed by atoms with Crippen LogP contribution >= 0.6 is 23.4 Å². The number of para-hydroxylation sites is 1. The van der Waals surface area contributed by atoms with Gasteiger partial charge in [-0.05, 0) is 25.0 Å². The lowest BCUT2D eigenvalue weighted by Gasteiger charge is -2.15. The summed E-state index contributed by atoms with van der Waals surface area (Å²) in [7, 11) is 0. The first-order chi connectivity index (χ1) is 7.27.